The summed E-state index contributed by atoms with van der Waals surface area (Å²) in [6.45, 7) is 2.07. The van der Waals surface area contributed by atoms with E-state index in [1.54, 1.807) is 29.9 Å². The Kier molecular flexibility index (Phi) is 10.4. The van der Waals surface area contributed by atoms with Crippen molar-refractivity contribution >= 4 is 45.0 Å². The van der Waals surface area contributed by atoms with Gasteiger partial charge in [0.2, 0.25) is 21.9 Å². The van der Waals surface area contributed by atoms with Gasteiger partial charge < -0.3 is 10.2 Å². The maximum Gasteiger partial charge on any atom is 0.247 e. The number of carbonyl (C=O) groups is 1. The summed E-state index contributed by atoms with van der Waals surface area (Å²) in [5, 5.41) is 11.9. The fourth-order valence-corrected chi connectivity index (χ4v) is 5.95. The molecule has 5 rings (SSSR count). The largest absolute Gasteiger partial charge is 0.372 e. The summed E-state index contributed by atoms with van der Waals surface area (Å²) < 4.78 is 25.4. The molecule has 2 heterocycles. The number of carbonyl (C=O) groups excluding carboxylic acids is 1. The van der Waals surface area contributed by atoms with Gasteiger partial charge in [0.25, 0.3) is 0 Å². The third-order valence-electron chi connectivity index (χ3n) is 7.80. The SMILES string of the molecule is CS(=O)(=O)Nc1ccc(-c2ccnc(Nc3ccc(N4CCC(CCc5ccc(/C=C/CC(=O)NO)cc5)CC4)cc3)n2)cc1. The second-order valence-corrected chi connectivity index (χ2v) is 13.0. The fraction of sp³-hybridized carbons (Fsp3) is 0.265. The molecule has 234 valence electrons. The van der Waals surface area contributed by atoms with Crippen LogP contribution in [0, 0.1) is 5.92 Å². The van der Waals surface area contributed by atoms with E-state index in [0.29, 0.717) is 17.6 Å². The summed E-state index contributed by atoms with van der Waals surface area (Å²) >= 11 is 0. The van der Waals surface area contributed by atoms with Crippen molar-refractivity contribution < 1.29 is 18.4 Å². The van der Waals surface area contributed by atoms with E-state index in [4.69, 9.17) is 5.21 Å². The maximum absolute atomic E-state index is 11.5. The van der Waals surface area contributed by atoms with Crippen molar-refractivity contribution in [1.82, 2.24) is 15.4 Å². The van der Waals surface area contributed by atoms with E-state index in [1.165, 1.54) is 30.5 Å². The van der Waals surface area contributed by atoms with Crippen LogP contribution in [0.4, 0.5) is 23.0 Å². The molecule has 1 fully saturated rings. The van der Waals surface area contributed by atoms with Gasteiger partial charge in [-0.2, -0.15) is 0 Å². The van der Waals surface area contributed by atoms with Gasteiger partial charge in [0.05, 0.1) is 11.9 Å². The van der Waals surface area contributed by atoms with E-state index in [9.17, 15) is 13.2 Å². The number of rotatable bonds is 12. The number of piperidine rings is 1. The van der Waals surface area contributed by atoms with Crippen LogP contribution < -0.4 is 20.4 Å². The van der Waals surface area contributed by atoms with Gasteiger partial charge in [-0.1, -0.05) is 48.6 Å². The minimum Gasteiger partial charge on any atom is -0.372 e. The molecule has 4 N–H and O–H groups in total. The quantitative estimate of drug-likeness (QED) is 0.111. The van der Waals surface area contributed by atoms with Crippen LogP contribution in [0.2, 0.25) is 0 Å². The Morgan fingerprint density at radius 2 is 1.64 bits per heavy atom. The minimum atomic E-state index is -3.33. The van der Waals surface area contributed by atoms with Gasteiger partial charge in [-0.15, -0.1) is 0 Å². The van der Waals surface area contributed by atoms with Crippen molar-refractivity contribution in [3.05, 3.63) is 102 Å². The van der Waals surface area contributed by atoms with Gasteiger partial charge in [0, 0.05) is 48.3 Å². The lowest BCUT2D eigenvalue weighted by atomic mass is 9.90. The highest BCUT2D eigenvalue weighted by atomic mass is 32.2. The zero-order valence-electron chi connectivity index (χ0n) is 25.2. The Morgan fingerprint density at radius 3 is 2.31 bits per heavy atom. The van der Waals surface area contributed by atoms with Gasteiger partial charge in [-0.3, -0.25) is 14.7 Å². The number of hydrogen-bond donors (Lipinski definition) is 4. The summed E-state index contributed by atoms with van der Waals surface area (Å²) in [6.07, 6.45) is 11.1. The molecule has 1 aromatic heterocycles. The molecule has 3 aromatic carbocycles. The van der Waals surface area contributed by atoms with Crippen molar-refractivity contribution in [2.75, 3.05) is 34.3 Å². The summed E-state index contributed by atoms with van der Waals surface area (Å²) in [5.41, 5.74) is 8.17. The smallest absolute Gasteiger partial charge is 0.247 e. The number of benzene rings is 3. The van der Waals surface area contributed by atoms with Crippen molar-refractivity contribution in [2.24, 2.45) is 5.92 Å². The van der Waals surface area contributed by atoms with Crippen molar-refractivity contribution in [3.8, 4) is 11.3 Å². The van der Waals surface area contributed by atoms with E-state index < -0.39 is 15.9 Å². The van der Waals surface area contributed by atoms with Crippen LogP contribution >= 0.6 is 0 Å². The fourth-order valence-electron chi connectivity index (χ4n) is 5.38. The maximum atomic E-state index is 11.5. The third-order valence-corrected chi connectivity index (χ3v) is 8.41. The molecule has 0 aliphatic carbocycles. The van der Waals surface area contributed by atoms with Gasteiger partial charge in [-0.05, 0) is 85.2 Å². The molecule has 4 aromatic rings. The summed E-state index contributed by atoms with van der Waals surface area (Å²) in [4.78, 5) is 22.5. The Bertz CT molecular complexity index is 1700. The molecule has 1 amide bonds. The van der Waals surface area contributed by atoms with Crippen molar-refractivity contribution in [2.45, 2.75) is 32.1 Å². The topological polar surface area (TPSA) is 137 Å². The Labute approximate surface area is 264 Å². The van der Waals surface area contributed by atoms with E-state index in [-0.39, 0.29) is 6.42 Å². The van der Waals surface area contributed by atoms with Crippen LogP contribution in [0.25, 0.3) is 17.3 Å². The molecule has 45 heavy (non-hydrogen) atoms. The van der Waals surface area contributed by atoms with E-state index in [0.717, 1.165) is 48.3 Å². The summed E-state index contributed by atoms with van der Waals surface area (Å²) in [6, 6.07) is 25.6. The molecule has 0 saturated carbocycles. The lowest BCUT2D eigenvalue weighted by Gasteiger charge is -2.33. The average Bonchev–Trinajstić information content (AvgIpc) is 3.05. The predicted molar refractivity (Wildman–Crippen MR) is 179 cm³/mol. The molecule has 0 unspecified atom stereocenters. The van der Waals surface area contributed by atoms with Crippen molar-refractivity contribution in [1.29, 1.82) is 0 Å². The summed E-state index contributed by atoms with van der Waals surface area (Å²) in [7, 11) is -3.33. The molecule has 0 atom stereocenters. The minimum absolute atomic E-state index is 0.148. The first kappa shape index (κ1) is 31.7. The Balaban J connectivity index is 1.08. The lowest BCUT2D eigenvalue weighted by Crippen LogP contribution is -2.33. The second-order valence-electron chi connectivity index (χ2n) is 11.2. The number of aryl methyl sites for hydroxylation is 1. The van der Waals surface area contributed by atoms with Gasteiger partial charge in [-0.25, -0.2) is 23.9 Å². The van der Waals surface area contributed by atoms with Crippen molar-refractivity contribution in [3.63, 3.8) is 0 Å². The summed E-state index contributed by atoms with van der Waals surface area (Å²) in [5.74, 6) is 0.762. The van der Waals surface area contributed by atoms with Crippen LogP contribution in [0.5, 0.6) is 0 Å². The number of hydroxylamine groups is 1. The molecule has 1 aliphatic rings. The molecule has 1 saturated heterocycles. The number of hydrogen-bond acceptors (Lipinski definition) is 8. The Morgan fingerprint density at radius 1 is 0.956 bits per heavy atom. The van der Waals surface area contributed by atoms with Crippen LogP contribution in [0.15, 0.2) is 91.1 Å². The van der Waals surface area contributed by atoms with Gasteiger partial charge in [0.15, 0.2) is 0 Å². The monoisotopic (exact) mass is 626 g/mol. The zero-order valence-corrected chi connectivity index (χ0v) is 26.0. The van der Waals surface area contributed by atoms with E-state index in [2.05, 4.69) is 61.3 Å². The average molecular weight is 627 g/mol. The number of nitrogens with zero attached hydrogens (tertiary/aromatic N) is 3. The number of amides is 1. The molecule has 1 aliphatic heterocycles. The highest BCUT2D eigenvalue weighted by Gasteiger charge is 2.19. The number of sulfonamides is 1. The number of nitrogens with one attached hydrogen (secondary N) is 3. The molecule has 10 nitrogen and oxygen atoms in total. The van der Waals surface area contributed by atoms with Crippen LogP contribution in [0.3, 0.4) is 0 Å². The number of anilines is 4. The van der Waals surface area contributed by atoms with E-state index >= 15 is 0 Å². The van der Waals surface area contributed by atoms with Crippen LogP contribution in [0.1, 0.15) is 36.8 Å². The molecular weight excluding hydrogens is 588 g/mol. The third kappa shape index (κ3) is 9.62. The molecule has 0 spiro atoms. The highest BCUT2D eigenvalue weighted by Crippen LogP contribution is 2.28. The van der Waals surface area contributed by atoms with Gasteiger partial charge in [0.1, 0.15) is 0 Å². The van der Waals surface area contributed by atoms with Crippen LogP contribution in [-0.2, 0) is 21.2 Å². The zero-order chi connectivity index (χ0) is 31.6. The lowest BCUT2D eigenvalue weighted by molar-refractivity contribution is -0.128. The Hall–Kier alpha value is -4.74. The van der Waals surface area contributed by atoms with Crippen LogP contribution in [-0.4, -0.2) is 48.8 Å². The first-order valence-corrected chi connectivity index (χ1v) is 16.8. The molecule has 0 bridgehead atoms. The molecule has 11 heteroatoms. The standard InChI is InChI=1S/C34H38N6O4S/c1-45(43,44)39-30-13-11-28(12-14-30)32-19-22-35-34(37-32)36-29-15-17-31(18-16-29)40-23-20-27(21-24-40)10-9-26-7-5-25(6-8-26)3-2-4-33(41)38-42/h2-3,5-8,11-19,22,27,39,42H,4,9-10,20-21,23-24H2,1H3,(H,38,41)(H,35,36,37)/b3-2+. The normalized spacial score (nSPS) is 14.0. The highest BCUT2D eigenvalue weighted by molar-refractivity contribution is 7.92. The van der Waals surface area contributed by atoms with E-state index in [1.807, 2.05) is 36.4 Å². The first-order valence-electron chi connectivity index (χ1n) is 15.0. The predicted octanol–water partition coefficient (Wildman–Crippen LogP) is 6.02. The second kappa shape index (κ2) is 14.8. The number of aromatic nitrogens is 2. The van der Waals surface area contributed by atoms with Gasteiger partial charge >= 0.3 is 0 Å². The first-order chi connectivity index (χ1) is 21.7. The molecule has 0 radical (unpaired) electrons. The molecular formula is C34H38N6O4S.